The second-order valence-corrected chi connectivity index (χ2v) is 4.61. The first-order valence-corrected chi connectivity index (χ1v) is 6.45. The molecule has 2 aromatic heterocycles. The largest absolute Gasteiger partial charge is 0.385 e. The number of hydrogen-bond donors (Lipinski definition) is 1. The molecule has 5 heteroatoms. The van der Waals surface area contributed by atoms with Gasteiger partial charge in [-0.05, 0) is 25.5 Å². The molecular weight excluding hydrogens is 248 g/mol. The van der Waals surface area contributed by atoms with Crippen molar-refractivity contribution in [3.8, 4) is 0 Å². The molecule has 0 aromatic carbocycles. The molecule has 0 aliphatic heterocycles. The van der Waals surface area contributed by atoms with Crippen LogP contribution in [0.4, 0.5) is 5.69 Å². The summed E-state index contributed by atoms with van der Waals surface area (Å²) in [5.41, 5.74) is 3.03. The van der Waals surface area contributed by atoms with Gasteiger partial charge in [0, 0.05) is 18.4 Å². The van der Waals surface area contributed by atoms with Crippen molar-refractivity contribution in [2.75, 3.05) is 11.9 Å². The summed E-state index contributed by atoms with van der Waals surface area (Å²) in [7, 11) is 0. The maximum Gasteiger partial charge on any atom is 0.0835 e. The Hall–Kier alpha value is -1.55. The van der Waals surface area contributed by atoms with Crippen LogP contribution in [-0.2, 0) is 6.54 Å². The van der Waals surface area contributed by atoms with Gasteiger partial charge in [-0.3, -0.25) is 9.67 Å². The molecule has 1 N–H and O–H groups in total. The van der Waals surface area contributed by atoms with E-state index in [2.05, 4.69) is 22.3 Å². The highest BCUT2D eigenvalue weighted by molar-refractivity contribution is 6.31. The normalized spacial score (nSPS) is 10.6. The van der Waals surface area contributed by atoms with Crippen LogP contribution in [0.2, 0.25) is 5.02 Å². The highest BCUT2D eigenvalue weighted by Crippen LogP contribution is 2.15. The predicted molar refractivity (Wildman–Crippen MR) is 74.1 cm³/mol. The molecule has 0 spiro atoms. The lowest BCUT2D eigenvalue weighted by Gasteiger charge is -2.08. The lowest BCUT2D eigenvalue weighted by Crippen LogP contribution is -2.06. The van der Waals surface area contributed by atoms with Crippen LogP contribution in [0.5, 0.6) is 0 Å². The van der Waals surface area contributed by atoms with Crippen molar-refractivity contribution < 1.29 is 0 Å². The third-order valence-electron chi connectivity index (χ3n) is 2.75. The Kier molecular flexibility index (Phi) is 4.20. The number of nitrogens with one attached hydrogen (secondary N) is 1. The van der Waals surface area contributed by atoms with Gasteiger partial charge in [-0.2, -0.15) is 5.10 Å². The molecule has 0 amide bonds. The zero-order valence-electron chi connectivity index (χ0n) is 10.7. The van der Waals surface area contributed by atoms with Gasteiger partial charge < -0.3 is 5.32 Å². The van der Waals surface area contributed by atoms with Crippen LogP contribution in [0.25, 0.3) is 0 Å². The van der Waals surface area contributed by atoms with Crippen molar-refractivity contribution in [3.05, 3.63) is 40.9 Å². The summed E-state index contributed by atoms with van der Waals surface area (Å²) in [5, 5.41) is 8.26. The summed E-state index contributed by atoms with van der Waals surface area (Å²) in [6, 6.07) is 4.02. The highest BCUT2D eigenvalue weighted by Gasteiger charge is 2.05. The highest BCUT2D eigenvalue weighted by atomic mass is 35.5. The number of nitrogens with zero attached hydrogens (tertiary/aromatic N) is 3. The second-order valence-electron chi connectivity index (χ2n) is 4.20. The first kappa shape index (κ1) is 12.9. The molecule has 4 nitrogen and oxygen atoms in total. The van der Waals surface area contributed by atoms with E-state index in [1.807, 2.05) is 29.9 Å². The standard InChI is InChI=1S/C13H17ClN4/c1-3-5-15-11-4-6-16-12(7-11)9-18-10(2)13(14)8-17-18/h4,6-8H,3,5,9H2,1-2H3,(H,15,16). The quantitative estimate of drug-likeness (QED) is 0.902. The van der Waals surface area contributed by atoms with E-state index >= 15 is 0 Å². The number of pyridine rings is 1. The Morgan fingerprint density at radius 1 is 1.44 bits per heavy atom. The van der Waals surface area contributed by atoms with Gasteiger partial charge in [-0.1, -0.05) is 18.5 Å². The summed E-state index contributed by atoms with van der Waals surface area (Å²) in [5.74, 6) is 0. The number of halogens is 1. The van der Waals surface area contributed by atoms with Gasteiger partial charge in [-0.25, -0.2) is 0 Å². The average molecular weight is 265 g/mol. The topological polar surface area (TPSA) is 42.7 Å². The molecule has 0 atom stereocenters. The Labute approximate surface area is 112 Å². The van der Waals surface area contributed by atoms with Crippen molar-refractivity contribution in [2.24, 2.45) is 0 Å². The number of hydrogen-bond acceptors (Lipinski definition) is 3. The van der Waals surface area contributed by atoms with E-state index in [0.717, 1.165) is 30.0 Å². The molecule has 96 valence electrons. The van der Waals surface area contributed by atoms with E-state index in [1.165, 1.54) is 0 Å². The van der Waals surface area contributed by atoms with Crippen molar-refractivity contribution in [3.63, 3.8) is 0 Å². The van der Waals surface area contributed by atoms with E-state index in [0.29, 0.717) is 11.6 Å². The van der Waals surface area contributed by atoms with Gasteiger partial charge in [0.2, 0.25) is 0 Å². The monoisotopic (exact) mass is 264 g/mol. The third kappa shape index (κ3) is 3.01. The molecule has 0 aliphatic carbocycles. The first-order valence-electron chi connectivity index (χ1n) is 6.07. The maximum absolute atomic E-state index is 5.98. The minimum absolute atomic E-state index is 0.639. The van der Waals surface area contributed by atoms with Crippen LogP contribution < -0.4 is 5.32 Å². The summed E-state index contributed by atoms with van der Waals surface area (Å²) in [6.45, 7) is 5.70. The van der Waals surface area contributed by atoms with Gasteiger partial charge in [0.1, 0.15) is 0 Å². The Morgan fingerprint density at radius 3 is 2.94 bits per heavy atom. The molecule has 2 aromatic rings. The second kappa shape index (κ2) is 5.87. The summed E-state index contributed by atoms with van der Waals surface area (Å²) in [4.78, 5) is 4.35. The molecule has 0 saturated heterocycles. The Morgan fingerprint density at radius 2 is 2.28 bits per heavy atom. The molecule has 2 rings (SSSR count). The summed E-state index contributed by atoms with van der Waals surface area (Å²) < 4.78 is 1.86. The van der Waals surface area contributed by atoms with Crippen LogP contribution in [0.1, 0.15) is 24.7 Å². The van der Waals surface area contributed by atoms with Gasteiger partial charge in [0.05, 0.1) is 29.2 Å². The van der Waals surface area contributed by atoms with Crippen molar-refractivity contribution in [1.29, 1.82) is 0 Å². The smallest absolute Gasteiger partial charge is 0.0835 e. The fourth-order valence-electron chi connectivity index (χ4n) is 1.68. The maximum atomic E-state index is 5.98. The zero-order chi connectivity index (χ0) is 13.0. The van der Waals surface area contributed by atoms with Crippen LogP contribution >= 0.6 is 11.6 Å². The van der Waals surface area contributed by atoms with Crippen molar-refractivity contribution >= 4 is 17.3 Å². The minimum Gasteiger partial charge on any atom is -0.385 e. The number of rotatable bonds is 5. The number of aromatic nitrogens is 3. The summed E-state index contributed by atoms with van der Waals surface area (Å²) >= 11 is 5.98. The molecule has 0 radical (unpaired) electrons. The van der Waals surface area contributed by atoms with Crippen LogP contribution in [0.15, 0.2) is 24.5 Å². The third-order valence-corrected chi connectivity index (χ3v) is 3.12. The lowest BCUT2D eigenvalue weighted by atomic mass is 10.3. The Balaban J connectivity index is 2.11. The molecule has 18 heavy (non-hydrogen) atoms. The minimum atomic E-state index is 0.639. The van der Waals surface area contributed by atoms with Crippen LogP contribution in [-0.4, -0.2) is 21.3 Å². The zero-order valence-corrected chi connectivity index (χ0v) is 11.4. The van der Waals surface area contributed by atoms with Crippen LogP contribution in [0.3, 0.4) is 0 Å². The van der Waals surface area contributed by atoms with E-state index < -0.39 is 0 Å². The lowest BCUT2D eigenvalue weighted by molar-refractivity contribution is 0.652. The van der Waals surface area contributed by atoms with Gasteiger partial charge in [0.15, 0.2) is 0 Å². The summed E-state index contributed by atoms with van der Waals surface area (Å²) in [6.07, 6.45) is 4.58. The van der Waals surface area contributed by atoms with Gasteiger partial charge >= 0.3 is 0 Å². The average Bonchev–Trinajstić information content (AvgIpc) is 2.69. The molecule has 0 unspecified atom stereocenters. The van der Waals surface area contributed by atoms with E-state index in [1.54, 1.807) is 6.20 Å². The van der Waals surface area contributed by atoms with E-state index in [-0.39, 0.29) is 0 Å². The number of anilines is 1. The van der Waals surface area contributed by atoms with Crippen molar-refractivity contribution in [1.82, 2.24) is 14.8 Å². The fraction of sp³-hybridized carbons (Fsp3) is 0.385. The molecule has 0 fully saturated rings. The Bertz CT molecular complexity index is 521. The molecule has 0 aliphatic rings. The fourth-order valence-corrected chi connectivity index (χ4v) is 1.82. The molecule has 2 heterocycles. The van der Waals surface area contributed by atoms with E-state index in [9.17, 15) is 0 Å². The van der Waals surface area contributed by atoms with Crippen molar-refractivity contribution in [2.45, 2.75) is 26.8 Å². The van der Waals surface area contributed by atoms with Gasteiger partial charge in [0.25, 0.3) is 0 Å². The van der Waals surface area contributed by atoms with Crippen LogP contribution in [0, 0.1) is 6.92 Å². The SMILES string of the molecule is CCCNc1ccnc(Cn2ncc(Cl)c2C)c1. The van der Waals surface area contributed by atoms with E-state index in [4.69, 9.17) is 11.6 Å². The molecule has 0 saturated carbocycles. The molecular formula is C13H17ClN4. The molecule has 0 bridgehead atoms. The first-order chi connectivity index (χ1) is 8.70. The predicted octanol–water partition coefficient (Wildman–Crippen LogP) is 3.11. The van der Waals surface area contributed by atoms with Gasteiger partial charge in [-0.15, -0.1) is 0 Å².